The van der Waals surface area contributed by atoms with E-state index < -0.39 is 38.4 Å². The highest BCUT2D eigenvalue weighted by molar-refractivity contribution is 8.33. The summed E-state index contributed by atoms with van der Waals surface area (Å²) in [6.45, 7) is -0.961. The van der Waals surface area contributed by atoms with Crippen LogP contribution in [0.3, 0.4) is 0 Å². The van der Waals surface area contributed by atoms with Crippen LogP contribution in [0.25, 0.3) is 10.8 Å². The standard InChI is InChI=1S/C31H24F4O4S2/c32-30(33,38-23-24-20-21-25-12-10-11-13-26(25)22-24)31(34,35)41(36,37)39-40(27-14-4-1-5-15-27,28-16-6-2-7-17-28)29-18-8-3-9-19-29/h1-22H,23H2. The van der Waals surface area contributed by atoms with Crippen molar-refractivity contribution in [2.75, 3.05) is 0 Å². The first-order chi connectivity index (χ1) is 19.6. The van der Waals surface area contributed by atoms with Gasteiger partial charge in [-0.05, 0) is 69.1 Å². The highest BCUT2D eigenvalue weighted by Crippen LogP contribution is 2.70. The number of fused-ring (bicyclic) bond motifs is 1. The summed E-state index contributed by atoms with van der Waals surface area (Å²) in [5, 5.41) is -4.25. The van der Waals surface area contributed by atoms with Crippen LogP contribution in [0.1, 0.15) is 5.56 Å². The van der Waals surface area contributed by atoms with Gasteiger partial charge in [-0.1, -0.05) is 91.0 Å². The molecule has 0 aliphatic rings. The van der Waals surface area contributed by atoms with Gasteiger partial charge in [-0.2, -0.15) is 26.0 Å². The van der Waals surface area contributed by atoms with Crippen LogP contribution in [0.5, 0.6) is 0 Å². The Kier molecular flexibility index (Phi) is 7.93. The van der Waals surface area contributed by atoms with Gasteiger partial charge in [-0.3, -0.25) is 0 Å². The lowest BCUT2D eigenvalue weighted by Crippen LogP contribution is -2.49. The Balaban J connectivity index is 1.54. The van der Waals surface area contributed by atoms with Crippen LogP contribution in [0.2, 0.25) is 0 Å². The maximum atomic E-state index is 15.4. The molecule has 0 saturated heterocycles. The average molecular weight is 601 g/mol. The highest BCUT2D eigenvalue weighted by atomic mass is 32.3. The molecular weight excluding hydrogens is 576 g/mol. The van der Waals surface area contributed by atoms with Crippen LogP contribution in [-0.4, -0.2) is 19.8 Å². The van der Waals surface area contributed by atoms with Gasteiger partial charge in [0.25, 0.3) is 0 Å². The zero-order valence-corrected chi connectivity index (χ0v) is 23.0. The largest absolute Gasteiger partial charge is 0.461 e. The van der Waals surface area contributed by atoms with E-state index >= 15 is 17.6 Å². The number of alkyl halides is 4. The molecule has 5 aromatic carbocycles. The third-order valence-corrected chi connectivity index (χ3v) is 11.5. The minimum Gasteiger partial charge on any atom is -0.310 e. The summed E-state index contributed by atoms with van der Waals surface area (Å²) in [5.41, 5.74) is 0.162. The molecule has 0 aromatic heterocycles. The average Bonchev–Trinajstić information content (AvgIpc) is 3.00. The van der Waals surface area contributed by atoms with Crippen molar-refractivity contribution in [3.8, 4) is 0 Å². The normalized spacial score (nSPS) is 13.3. The Morgan fingerprint density at radius 1 is 0.561 bits per heavy atom. The Morgan fingerprint density at radius 3 is 1.49 bits per heavy atom. The summed E-state index contributed by atoms with van der Waals surface area (Å²) in [6, 6.07) is 35.1. The van der Waals surface area contributed by atoms with E-state index in [0.717, 1.165) is 5.39 Å². The molecule has 212 valence electrons. The second-order valence-corrected chi connectivity index (χ2v) is 13.5. The van der Waals surface area contributed by atoms with E-state index in [9.17, 15) is 8.42 Å². The Labute approximate surface area is 236 Å². The van der Waals surface area contributed by atoms with Crippen LogP contribution in [0.4, 0.5) is 17.6 Å². The van der Waals surface area contributed by atoms with E-state index in [1.54, 1.807) is 84.9 Å². The Morgan fingerprint density at radius 2 is 1.00 bits per heavy atom. The number of halogens is 4. The maximum absolute atomic E-state index is 15.4. The van der Waals surface area contributed by atoms with Crippen LogP contribution in [-0.2, 0) is 25.1 Å². The zero-order valence-electron chi connectivity index (χ0n) is 21.4. The highest BCUT2D eigenvalue weighted by Gasteiger charge is 2.70. The van der Waals surface area contributed by atoms with E-state index in [1.165, 1.54) is 48.5 Å². The summed E-state index contributed by atoms with van der Waals surface area (Å²) in [7, 11) is -9.81. The van der Waals surface area contributed by atoms with Gasteiger partial charge < -0.3 is 4.74 Å². The van der Waals surface area contributed by atoms with E-state index in [0.29, 0.717) is 5.39 Å². The lowest BCUT2D eigenvalue weighted by molar-refractivity contribution is -0.323. The molecule has 10 heteroatoms. The van der Waals surface area contributed by atoms with E-state index in [2.05, 4.69) is 4.74 Å². The Bertz CT molecular complexity index is 1640. The first-order valence-electron chi connectivity index (χ1n) is 12.4. The van der Waals surface area contributed by atoms with Crippen molar-refractivity contribution in [3.05, 3.63) is 139 Å². The second kappa shape index (κ2) is 11.3. The quantitative estimate of drug-likeness (QED) is 0.150. The summed E-state index contributed by atoms with van der Waals surface area (Å²) in [5.74, 6) is 0. The van der Waals surface area contributed by atoms with Gasteiger partial charge in [0.15, 0.2) is 0 Å². The number of hydrogen-bond acceptors (Lipinski definition) is 4. The molecular formula is C31H24F4O4S2. The molecule has 0 heterocycles. The smallest absolute Gasteiger partial charge is 0.310 e. The van der Waals surface area contributed by atoms with Crippen molar-refractivity contribution in [3.63, 3.8) is 0 Å². The SMILES string of the molecule is O=S(=O)(OS(c1ccccc1)(c1ccccc1)c1ccccc1)C(F)(F)C(F)(F)OCc1ccc2ccccc2c1. The van der Waals surface area contributed by atoms with Crippen LogP contribution in [0, 0.1) is 0 Å². The number of hydrogen-bond donors (Lipinski definition) is 0. The first-order valence-corrected chi connectivity index (χ1v) is 15.3. The van der Waals surface area contributed by atoms with Gasteiger partial charge in [0, 0.05) is 14.7 Å². The molecule has 0 fully saturated rings. The number of benzene rings is 5. The molecule has 0 saturated carbocycles. The summed E-state index contributed by atoms with van der Waals surface area (Å²) in [6.07, 6.45) is -5.42. The predicted molar refractivity (Wildman–Crippen MR) is 150 cm³/mol. The molecule has 0 aliphatic heterocycles. The van der Waals surface area contributed by atoms with Crippen LogP contribution in [0.15, 0.2) is 148 Å². The lowest BCUT2D eigenvalue weighted by atomic mass is 10.1. The molecule has 0 unspecified atom stereocenters. The van der Waals surface area contributed by atoms with E-state index in [4.69, 9.17) is 3.63 Å². The topological polar surface area (TPSA) is 52.6 Å². The van der Waals surface area contributed by atoms with Gasteiger partial charge in [0.1, 0.15) is 0 Å². The Hall–Kier alpha value is -3.70. The molecule has 0 radical (unpaired) electrons. The van der Waals surface area contributed by atoms with Crippen molar-refractivity contribution in [1.29, 1.82) is 0 Å². The number of rotatable bonds is 10. The molecule has 0 amide bonds. The van der Waals surface area contributed by atoms with Crippen LogP contribution < -0.4 is 0 Å². The van der Waals surface area contributed by atoms with Crippen molar-refractivity contribution >= 4 is 31.2 Å². The molecule has 0 N–H and O–H groups in total. The lowest BCUT2D eigenvalue weighted by Gasteiger charge is -2.40. The molecule has 5 aromatic rings. The molecule has 41 heavy (non-hydrogen) atoms. The monoisotopic (exact) mass is 600 g/mol. The number of ether oxygens (including phenoxy) is 1. The predicted octanol–water partition coefficient (Wildman–Crippen LogP) is 8.79. The van der Waals surface area contributed by atoms with E-state index in [-0.39, 0.29) is 20.2 Å². The molecule has 0 bridgehead atoms. The van der Waals surface area contributed by atoms with Gasteiger partial charge in [-0.25, -0.2) is 3.63 Å². The van der Waals surface area contributed by atoms with Gasteiger partial charge in [-0.15, -0.1) is 0 Å². The summed E-state index contributed by atoms with van der Waals surface area (Å²) >= 11 is 0. The van der Waals surface area contributed by atoms with Crippen LogP contribution >= 0.6 is 10.3 Å². The van der Waals surface area contributed by atoms with Crippen molar-refractivity contribution < 1.29 is 34.3 Å². The molecule has 0 atom stereocenters. The van der Waals surface area contributed by atoms with E-state index in [1.807, 2.05) is 0 Å². The third-order valence-electron chi connectivity index (χ3n) is 6.30. The fraction of sp³-hybridized carbons (Fsp3) is 0.0968. The molecule has 5 rings (SSSR count). The summed E-state index contributed by atoms with van der Waals surface area (Å²) < 4.78 is 97.3. The molecule has 4 nitrogen and oxygen atoms in total. The van der Waals surface area contributed by atoms with Gasteiger partial charge in [0.2, 0.25) is 0 Å². The fourth-order valence-electron chi connectivity index (χ4n) is 4.27. The van der Waals surface area contributed by atoms with Gasteiger partial charge >= 0.3 is 21.5 Å². The molecule has 0 aliphatic carbocycles. The third kappa shape index (κ3) is 5.48. The van der Waals surface area contributed by atoms with Crippen molar-refractivity contribution in [2.45, 2.75) is 32.7 Å². The molecule has 0 spiro atoms. The fourth-order valence-corrected chi connectivity index (χ4v) is 9.42. The van der Waals surface area contributed by atoms with Crippen molar-refractivity contribution in [1.82, 2.24) is 0 Å². The first kappa shape index (κ1) is 28.8. The van der Waals surface area contributed by atoms with Gasteiger partial charge in [0.05, 0.1) is 6.61 Å². The zero-order chi connectivity index (χ0) is 29.1. The minimum absolute atomic E-state index is 0.162. The van der Waals surface area contributed by atoms with Crippen molar-refractivity contribution in [2.24, 2.45) is 0 Å². The summed E-state index contributed by atoms with van der Waals surface area (Å²) in [4.78, 5) is 0.659. The minimum atomic E-state index is -6.33. The maximum Gasteiger partial charge on any atom is 0.461 e. The second-order valence-electron chi connectivity index (χ2n) is 9.02.